The van der Waals surface area contributed by atoms with Crippen molar-refractivity contribution in [1.82, 2.24) is 5.32 Å². The number of allylic oxidation sites excluding steroid dienone is 4. The molecule has 12 atom stereocenters. The summed E-state index contributed by atoms with van der Waals surface area (Å²) >= 11 is 0. The maximum atomic E-state index is 18.1. The van der Waals surface area contributed by atoms with Gasteiger partial charge in [0, 0.05) is 54.2 Å². The van der Waals surface area contributed by atoms with Crippen molar-refractivity contribution in [1.29, 1.82) is 0 Å². The van der Waals surface area contributed by atoms with Crippen molar-refractivity contribution in [3.63, 3.8) is 0 Å². The number of methoxy groups -OCH3 is 1. The lowest BCUT2D eigenvalue weighted by Crippen LogP contribution is -2.73. The summed E-state index contributed by atoms with van der Waals surface area (Å²) in [6.45, 7) is 2.11. The Kier molecular flexibility index (Phi) is 13.1. The summed E-state index contributed by atoms with van der Waals surface area (Å²) in [5.41, 5.74) is -8.84. The molecule has 4 N–H and O–H groups in total. The SMILES string of the molecule is COc1cc(N2C(=O)CCC2=O)ccc1CCC(=O)NCCOP(=O)(O)OP(=O)(O)OCC(=O)[C@@]12O[C@H](c3cccc(F)c3)O[C@@H]1C[C@@]1(C)[C@@H]3C[C@H](F)C4=CC(=O)C=C[C@]4(C)[C@@]3(F)[C@@H](O)C[C@@]12C. The van der Waals surface area contributed by atoms with E-state index in [2.05, 4.69) is 9.63 Å². The van der Waals surface area contributed by atoms with Gasteiger partial charge in [0.25, 0.3) is 0 Å². The zero-order valence-electron chi connectivity index (χ0n) is 37.4. The van der Waals surface area contributed by atoms with Gasteiger partial charge in [0.15, 0.2) is 29.1 Å². The number of ketones is 2. The van der Waals surface area contributed by atoms with E-state index in [0.29, 0.717) is 17.0 Å². The lowest BCUT2D eigenvalue weighted by Gasteiger charge is -2.66. The molecule has 8 rings (SSSR count). The number of imide groups is 1. The molecule has 3 saturated carbocycles. The Hall–Kier alpha value is -4.40. The molecule has 2 heterocycles. The predicted molar refractivity (Wildman–Crippen MR) is 230 cm³/mol. The molecule has 2 aromatic rings. The average molecular weight is 995 g/mol. The van der Waals surface area contributed by atoms with Crippen LogP contribution in [-0.4, -0.2) is 101 Å². The molecule has 0 bridgehead atoms. The molecule has 3 amide bonds. The van der Waals surface area contributed by atoms with Gasteiger partial charge in [-0.15, -0.1) is 0 Å². The minimum Gasteiger partial charge on any atom is -0.496 e. The van der Waals surface area contributed by atoms with Crippen molar-refractivity contribution >= 4 is 50.6 Å². The van der Waals surface area contributed by atoms with Crippen molar-refractivity contribution in [2.45, 2.75) is 102 Å². The van der Waals surface area contributed by atoms with Crippen molar-refractivity contribution in [3.8, 4) is 5.75 Å². The molecule has 2 aliphatic heterocycles. The molecule has 18 nitrogen and oxygen atoms in total. The zero-order chi connectivity index (χ0) is 49.4. The van der Waals surface area contributed by atoms with E-state index in [1.165, 1.54) is 45.2 Å². The molecule has 2 saturated heterocycles. The van der Waals surface area contributed by atoms with E-state index >= 15 is 8.78 Å². The quantitative estimate of drug-likeness (QED) is 0.0917. The van der Waals surface area contributed by atoms with Gasteiger partial charge in [-0.3, -0.25) is 37.9 Å². The first kappa shape index (κ1) is 50.0. The number of benzene rings is 2. The van der Waals surface area contributed by atoms with Crippen LogP contribution in [0.15, 0.2) is 66.3 Å². The van der Waals surface area contributed by atoms with Gasteiger partial charge >= 0.3 is 15.6 Å². The average Bonchev–Trinajstić information content (AvgIpc) is 3.88. The Morgan fingerprint density at radius 3 is 2.40 bits per heavy atom. The summed E-state index contributed by atoms with van der Waals surface area (Å²) in [6, 6.07) is 9.73. The van der Waals surface area contributed by atoms with Gasteiger partial charge in [-0.1, -0.05) is 38.1 Å². The summed E-state index contributed by atoms with van der Waals surface area (Å²) in [7, 11) is -9.73. The number of carbonyl (C=O) groups excluding carboxylic acids is 5. The monoisotopic (exact) mass is 994 g/mol. The second-order valence-corrected chi connectivity index (χ2v) is 21.7. The standard InChI is InChI=1S/C45H51F3N2O16P2/c1-41-15-14-29(51)20-30(41)31(47)21-33-42(2)23-36-45(43(42,3)22-34(52)44(33,41)48,65-40(64-36)26-6-5-7-27(46)18-26)35(53)24-63-68(59,60)66-67(57,58)62-17-16-49-37(54)11-9-25-8-10-28(19-32(25)61-4)50-38(55)12-13-39(50)56/h5-8,10,14-15,18-20,31,33-34,36,40,52H,9,11-13,16-17,21-24H2,1-4H3,(H,49,54)(H,57,58)(H,59,60)/t31-,33-,34-,36+,40+,41-,42-,43-,44-,45+/m0/s1. The lowest BCUT2D eigenvalue weighted by atomic mass is 9.39. The Morgan fingerprint density at radius 2 is 1.71 bits per heavy atom. The third kappa shape index (κ3) is 8.15. The second kappa shape index (κ2) is 17.8. The Morgan fingerprint density at radius 1 is 1.00 bits per heavy atom. The predicted octanol–water partition coefficient (Wildman–Crippen LogP) is 5.53. The highest BCUT2D eigenvalue weighted by molar-refractivity contribution is 7.61. The van der Waals surface area contributed by atoms with E-state index < -0.39 is 123 Å². The number of aliphatic hydroxyl groups is 1. The van der Waals surface area contributed by atoms with E-state index in [4.69, 9.17) is 23.3 Å². The minimum atomic E-state index is -5.67. The smallest absolute Gasteiger partial charge is 0.481 e. The molecule has 5 fully saturated rings. The summed E-state index contributed by atoms with van der Waals surface area (Å²) in [4.78, 5) is 86.0. The van der Waals surface area contributed by atoms with Crippen LogP contribution in [0.2, 0.25) is 0 Å². The molecular weight excluding hydrogens is 943 g/mol. The number of aryl methyl sites for hydroxylation is 1. The molecule has 68 heavy (non-hydrogen) atoms. The lowest BCUT2D eigenvalue weighted by molar-refractivity contribution is -0.263. The van der Waals surface area contributed by atoms with Gasteiger partial charge in [0.1, 0.15) is 24.3 Å². The van der Waals surface area contributed by atoms with Crippen molar-refractivity contribution in [2.75, 3.05) is 31.8 Å². The number of hydrogen-bond donors (Lipinski definition) is 4. The van der Waals surface area contributed by atoms with Crippen LogP contribution in [0, 0.1) is 28.0 Å². The number of carbonyl (C=O) groups is 5. The minimum absolute atomic E-state index is 0.0982. The molecule has 0 aromatic heterocycles. The first-order valence-electron chi connectivity index (χ1n) is 21.9. The highest BCUT2D eigenvalue weighted by atomic mass is 31.3. The third-order valence-electron chi connectivity index (χ3n) is 15.1. The van der Waals surface area contributed by atoms with E-state index in [9.17, 15) is 52.4 Å². The molecule has 0 radical (unpaired) electrons. The summed E-state index contributed by atoms with van der Waals surface area (Å²) in [6.07, 6.45) is -4.07. The van der Waals surface area contributed by atoms with Crippen LogP contribution in [0.4, 0.5) is 18.9 Å². The van der Waals surface area contributed by atoms with Crippen LogP contribution >= 0.6 is 15.6 Å². The summed E-state index contributed by atoms with van der Waals surface area (Å²) < 4.78 is 107. The van der Waals surface area contributed by atoms with E-state index in [1.54, 1.807) is 19.1 Å². The van der Waals surface area contributed by atoms with Gasteiger partial charge < -0.3 is 34.4 Å². The summed E-state index contributed by atoms with van der Waals surface area (Å²) in [5.74, 6) is -4.56. The fourth-order valence-electron chi connectivity index (χ4n) is 11.7. The molecule has 2 unspecified atom stereocenters. The number of phosphoric acid groups is 2. The number of hydrogen-bond acceptors (Lipinski definition) is 14. The van der Waals surface area contributed by atoms with Crippen LogP contribution < -0.4 is 15.0 Å². The highest BCUT2D eigenvalue weighted by Gasteiger charge is 2.84. The van der Waals surface area contributed by atoms with Gasteiger partial charge in [-0.2, -0.15) is 4.31 Å². The fourth-order valence-corrected chi connectivity index (χ4v) is 13.7. The maximum Gasteiger partial charge on any atom is 0.481 e. The van der Waals surface area contributed by atoms with Crippen molar-refractivity contribution < 1.29 is 88.7 Å². The number of nitrogens with zero attached hydrogens (tertiary/aromatic N) is 1. The van der Waals surface area contributed by atoms with Gasteiger partial charge in [0.2, 0.25) is 17.7 Å². The van der Waals surface area contributed by atoms with Gasteiger partial charge in [0.05, 0.1) is 31.6 Å². The zero-order valence-corrected chi connectivity index (χ0v) is 39.1. The molecule has 2 aromatic carbocycles. The fraction of sp³-hybridized carbons (Fsp3) is 0.533. The van der Waals surface area contributed by atoms with Crippen LogP contribution in [0.3, 0.4) is 0 Å². The molecule has 6 aliphatic rings. The number of rotatable bonds is 16. The highest BCUT2D eigenvalue weighted by Crippen LogP contribution is 2.77. The Balaban J connectivity index is 0.927. The Bertz CT molecular complexity index is 2600. The number of halogens is 3. The molecule has 23 heteroatoms. The van der Waals surface area contributed by atoms with E-state index in [1.807, 2.05) is 0 Å². The maximum absolute atomic E-state index is 18.1. The van der Waals surface area contributed by atoms with Crippen molar-refractivity contribution in [2.24, 2.45) is 22.2 Å². The number of fused-ring (bicyclic) bond motifs is 7. The molecule has 368 valence electrons. The van der Waals surface area contributed by atoms with Crippen LogP contribution in [-0.2, 0) is 62.4 Å². The number of ether oxygens (including phenoxy) is 3. The van der Waals surface area contributed by atoms with Crippen LogP contribution in [0.1, 0.15) is 76.7 Å². The number of nitrogens with one attached hydrogen (secondary N) is 1. The van der Waals surface area contributed by atoms with Crippen LogP contribution in [0.5, 0.6) is 5.75 Å². The van der Waals surface area contributed by atoms with Gasteiger partial charge in [-0.05, 0) is 79.5 Å². The molecule has 0 spiro atoms. The normalized spacial score (nSPS) is 35.7. The number of alkyl halides is 2. The Labute approximate surface area is 388 Å². The topological polar surface area (TPSA) is 251 Å². The number of aliphatic hydroxyl groups excluding tert-OH is 1. The second-order valence-electron chi connectivity index (χ2n) is 18.6. The number of phosphoric ester groups is 2. The van der Waals surface area contributed by atoms with Crippen molar-refractivity contribution in [3.05, 3.63) is 83.2 Å². The number of amides is 3. The first-order valence-corrected chi connectivity index (χ1v) is 24.9. The van der Waals surface area contributed by atoms with Gasteiger partial charge in [-0.25, -0.2) is 22.3 Å². The largest absolute Gasteiger partial charge is 0.496 e. The molecule has 4 aliphatic carbocycles. The van der Waals surface area contributed by atoms with E-state index in [-0.39, 0.29) is 61.6 Å². The third-order valence-corrected chi connectivity index (χ3v) is 17.7. The molecular formula is C45H51F3N2O16P2. The number of anilines is 1. The summed E-state index contributed by atoms with van der Waals surface area (Å²) in [5, 5.41) is 14.4. The van der Waals surface area contributed by atoms with Crippen LogP contribution in [0.25, 0.3) is 0 Å². The van der Waals surface area contributed by atoms with E-state index in [0.717, 1.165) is 29.2 Å². The number of Topliss-reactive ketones (excluding diaryl/α,β-unsaturated/α-hetero) is 1. The first-order chi connectivity index (χ1) is 31.8.